The van der Waals surface area contributed by atoms with Gasteiger partial charge in [0.25, 0.3) is 0 Å². The van der Waals surface area contributed by atoms with Gasteiger partial charge in [-0.05, 0) is 56.6 Å². The summed E-state index contributed by atoms with van der Waals surface area (Å²) < 4.78 is 5.45. The number of guanidine groups is 1. The molecule has 0 radical (unpaired) electrons. The molecule has 0 unspecified atom stereocenters. The SMILES string of the molecule is C=C(N=C(N)N=C(N)c1noc(C2CCC(NC(=O)CC3CC3)CC2)n1)N(C)c1ccccc1. The number of nitrogens with one attached hydrogen (secondary N) is 1. The maximum absolute atomic E-state index is 12.0. The second-order valence-electron chi connectivity index (χ2n) is 9.00. The first-order chi connectivity index (χ1) is 16.4. The van der Waals surface area contributed by atoms with Gasteiger partial charge in [-0.1, -0.05) is 29.9 Å². The number of rotatable bonds is 8. The number of carbonyl (C=O) groups excluding carboxylic acids is 1. The molecule has 1 heterocycles. The Balaban J connectivity index is 1.31. The van der Waals surface area contributed by atoms with Crippen molar-refractivity contribution in [1.29, 1.82) is 0 Å². The lowest BCUT2D eigenvalue weighted by atomic mass is 9.86. The second-order valence-corrected chi connectivity index (χ2v) is 9.00. The van der Waals surface area contributed by atoms with Crippen LogP contribution in [0.15, 0.2) is 57.2 Å². The van der Waals surface area contributed by atoms with E-state index in [2.05, 4.69) is 32.0 Å². The number of aromatic nitrogens is 2. The van der Waals surface area contributed by atoms with Gasteiger partial charge in [-0.2, -0.15) is 15.0 Å². The quantitative estimate of drug-likeness (QED) is 0.402. The molecule has 10 heteroatoms. The average molecular weight is 465 g/mol. The number of hydrogen-bond donors (Lipinski definition) is 3. The van der Waals surface area contributed by atoms with E-state index in [0.29, 0.717) is 24.1 Å². The zero-order valence-electron chi connectivity index (χ0n) is 19.5. The number of para-hydroxylation sites is 1. The first-order valence-electron chi connectivity index (χ1n) is 11.7. The van der Waals surface area contributed by atoms with Crippen molar-refractivity contribution in [2.45, 2.75) is 56.9 Å². The Kier molecular flexibility index (Phi) is 7.24. The Morgan fingerprint density at radius 3 is 2.53 bits per heavy atom. The maximum atomic E-state index is 12.0. The van der Waals surface area contributed by atoms with Crippen molar-refractivity contribution < 1.29 is 9.32 Å². The van der Waals surface area contributed by atoms with Crippen LogP contribution in [0.2, 0.25) is 0 Å². The number of benzene rings is 1. The normalized spacial score (nSPS) is 21.2. The molecule has 0 saturated heterocycles. The monoisotopic (exact) mass is 464 g/mol. The fourth-order valence-corrected chi connectivity index (χ4v) is 4.07. The molecule has 1 aromatic heterocycles. The largest absolute Gasteiger partial charge is 0.380 e. The van der Waals surface area contributed by atoms with Crippen LogP contribution in [-0.4, -0.2) is 40.9 Å². The highest BCUT2D eigenvalue weighted by Gasteiger charge is 2.29. The summed E-state index contributed by atoms with van der Waals surface area (Å²) in [6.45, 7) is 3.93. The van der Waals surface area contributed by atoms with Crippen molar-refractivity contribution in [2.75, 3.05) is 11.9 Å². The number of nitrogens with two attached hydrogens (primary N) is 2. The highest BCUT2D eigenvalue weighted by molar-refractivity contribution is 6.02. The fraction of sp³-hybridized carbons (Fsp3) is 0.458. The van der Waals surface area contributed by atoms with E-state index in [1.54, 1.807) is 4.90 Å². The van der Waals surface area contributed by atoms with Crippen LogP contribution < -0.4 is 21.7 Å². The minimum atomic E-state index is -0.0564. The summed E-state index contributed by atoms with van der Waals surface area (Å²) in [5, 5.41) is 7.12. The van der Waals surface area contributed by atoms with Gasteiger partial charge in [0.05, 0.1) is 0 Å². The summed E-state index contributed by atoms with van der Waals surface area (Å²) in [6.07, 6.45) is 6.53. The minimum absolute atomic E-state index is 0.0208. The maximum Gasteiger partial charge on any atom is 0.237 e. The molecule has 0 bridgehead atoms. The van der Waals surface area contributed by atoms with E-state index in [0.717, 1.165) is 31.4 Å². The van der Waals surface area contributed by atoms with Crippen LogP contribution >= 0.6 is 0 Å². The third kappa shape index (κ3) is 6.21. The van der Waals surface area contributed by atoms with Crippen LogP contribution in [0.5, 0.6) is 0 Å². The summed E-state index contributed by atoms with van der Waals surface area (Å²) in [7, 11) is 1.83. The summed E-state index contributed by atoms with van der Waals surface area (Å²) in [6, 6.07) is 9.87. The zero-order valence-corrected chi connectivity index (χ0v) is 19.5. The molecule has 2 aromatic rings. The Bertz CT molecular complexity index is 1070. The molecule has 1 amide bonds. The Labute approximate surface area is 199 Å². The molecular formula is C24H32N8O2. The zero-order chi connectivity index (χ0) is 24.1. The van der Waals surface area contributed by atoms with Crippen molar-refractivity contribution in [3.8, 4) is 0 Å². The van der Waals surface area contributed by atoms with E-state index in [9.17, 15) is 4.79 Å². The van der Waals surface area contributed by atoms with E-state index >= 15 is 0 Å². The third-order valence-corrected chi connectivity index (χ3v) is 6.29. The Morgan fingerprint density at radius 1 is 1.15 bits per heavy atom. The molecule has 4 rings (SSSR count). The second kappa shape index (κ2) is 10.5. The van der Waals surface area contributed by atoms with Gasteiger partial charge in [-0.25, -0.2) is 0 Å². The van der Waals surface area contributed by atoms with E-state index in [1.165, 1.54) is 12.8 Å². The molecule has 5 N–H and O–H groups in total. The molecule has 0 aliphatic heterocycles. The predicted molar refractivity (Wildman–Crippen MR) is 131 cm³/mol. The smallest absolute Gasteiger partial charge is 0.237 e. The number of carbonyl (C=O) groups is 1. The van der Waals surface area contributed by atoms with Crippen LogP contribution in [0.25, 0.3) is 0 Å². The number of hydrogen-bond acceptors (Lipinski definition) is 6. The summed E-state index contributed by atoms with van der Waals surface area (Å²) >= 11 is 0. The summed E-state index contributed by atoms with van der Waals surface area (Å²) in [4.78, 5) is 26.6. The van der Waals surface area contributed by atoms with E-state index in [4.69, 9.17) is 16.0 Å². The number of amidine groups is 1. The van der Waals surface area contributed by atoms with Gasteiger partial charge in [0.2, 0.25) is 23.6 Å². The van der Waals surface area contributed by atoms with E-state index in [-0.39, 0.29) is 35.5 Å². The van der Waals surface area contributed by atoms with Crippen molar-refractivity contribution in [2.24, 2.45) is 27.4 Å². The van der Waals surface area contributed by atoms with E-state index < -0.39 is 0 Å². The van der Waals surface area contributed by atoms with Crippen molar-refractivity contribution in [1.82, 2.24) is 15.5 Å². The number of amides is 1. The van der Waals surface area contributed by atoms with Gasteiger partial charge < -0.3 is 26.2 Å². The topological polar surface area (TPSA) is 148 Å². The van der Waals surface area contributed by atoms with Gasteiger partial charge in [0, 0.05) is 31.1 Å². The van der Waals surface area contributed by atoms with Gasteiger partial charge in [-0.3, -0.25) is 4.79 Å². The van der Waals surface area contributed by atoms with Crippen molar-refractivity contribution in [3.05, 3.63) is 54.4 Å². The highest BCUT2D eigenvalue weighted by Crippen LogP contribution is 2.34. The first kappa shape index (κ1) is 23.5. The summed E-state index contributed by atoms with van der Waals surface area (Å²) in [5.41, 5.74) is 12.9. The van der Waals surface area contributed by atoms with Crippen LogP contribution in [0, 0.1) is 5.92 Å². The van der Waals surface area contributed by atoms with Crippen LogP contribution in [0.1, 0.15) is 62.6 Å². The summed E-state index contributed by atoms with van der Waals surface area (Å²) in [5.74, 6) is 1.99. The van der Waals surface area contributed by atoms with Gasteiger partial charge in [0.1, 0.15) is 5.82 Å². The molecule has 0 atom stereocenters. The van der Waals surface area contributed by atoms with Gasteiger partial charge in [-0.15, -0.1) is 0 Å². The van der Waals surface area contributed by atoms with Gasteiger partial charge in [0.15, 0.2) is 5.84 Å². The lowest BCUT2D eigenvalue weighted by molar-refractivity contribution is -0.122. The predicted octanol–water partition coefficient (Wildman–Crippen LogP) is 2.64. The average Bonchev–Trinajstić information content (AvgIpc) is 3.50. The molecule has 2 saturated carbocycles. The van der Waals surface area contributed by atoms with Crippen LogP contribution in [0.3, 0.4) is 0 Å². The molecule has 1 aromatic carbocycles. The highest BCUT2D eigenvalue weighted by atomic mass is 16.5. The molecular weight excluding hydrogens is 432 g/mol. The fourth-order valence-electron chi connectivity index (χ4n) is 4.07. The standard InChI is InChI=1S/C24H32N8O2/c1-15(32(2)19-6-4-3-5-7-19)27-24(26)29-21(25)22-30-23(34-31-22)17-10-12-18(13-11-17)28-20(33)14-16-8-9-16/h3-7,16-18H,1,8-14H2,2H3,(H,28,33)(H4,25,26,27,29). The third-order valence-electron chi connectivity index (χ3n) is 6.29. The molecule has 2 fully saturated rings. The minimum Gasteiger partial charge on any atom is -0.380 e. The number of aliphatic imine (C=N–C) groups is 2. The molecule has 10 nitrogen and oxygen atoms in total. The van der Waals surface area contributed by atoms with Crippen molar-refractivity contribution in [3.63, 3.8) is 0 Å². The van der Waals surface area contributed by atoms with Crippen molar-refractivity contribution >= 4 is 23.4 Å². The Hall–Kier alpha value is -3.69. The van der Waals surface area contributed by atoms with Crippen LogP contribution in [-0.2, 0) is 4.79 Å². The number of nitrogens with zero attached hydrogens (tertiary/aromatic N) is 5. The van der Waals surface area contributed by atoms with Crippen LogP contribution in [0.4, 0.5) is 5.69 Å². The lowest BCUT2D eigenvalue weighted by Gasteiger charge is -2.27. The molecule has 34 heavy (non-hydrogen) atoms. The van der Waals surface area contributed by atoms with E-state index in [1.807, 2.05) is 37.4 Å². The van der Waals surface area contributed by atoms with Gasteiger partial charge >= 0.3 is 0 Å². The molecule has 180 valence electrons. The Morgan fingerprint density at radius 2 is 1.85 bits per heavy atom. The number of anilines is 1. The first-order valence-corrected chi connectivity index (χ1v) is 11.7. The lowest BCUT2D eigenvalue weighted by Crippen LogP contribution is -2.37. The molecule has 0 spiro atoms. The molecule has 2 aliphatic carbocycles. The molecule has 2 aliphatic rings.